The predicted octanol–water partition coefficient (Wildman–Crippen LogP) is 5.79. The molecule has 0 unspecified atom stereocenters. The fourth-order valence-corrected chi connectivity index (χ4v) is 3.84. The molecule has 26 heavy (non-hydrogen) atoms. The van der Waals surface area contributed by atoms with Crippen LogP contribution in [0.3, 0.4) is 0 Å². The minimum absolute atomic E-state index is 0.678. The van der Waals surface area contributed by atoms with Crippen LogP contribution in [0.15, 0.2) is 73.1 Å². The highest BCUT2D eigenvalue weighted by molar-refractivity contribution is 5.70. The van der Waals surface area contributed by atoms with Crippen molar-refractivity contribution in [2.45, 2.75) is 38.8 Å². The largest absolute Gasteiger partial charge is 0.296 e. The zero-order chi connectivity index (χ0) is 17.8. The molecule has 1 saturated heterocycles. The normalized spacial score (nSPS) is 18.0. The van der Waals surface area contributed by atoms with E-state index in [0.29, 0.717) is 6.04 Å². The summed E-state index contributed by atoms with van der Waals surface area (Å²) in [5, 5.41) is 0. The molecule has 0 radical (unpaired) electrons. The zero-order valence-corrected chi connectivity index (χ0v) is 15.4. The maximum absolute atomic E-state index is 4.51. The van der Waals surface area contributed by atoms with Gasteiger partial charge in [-0.05, 0) is 54.6 Å². The van der Waals surface area contributed by atoms with Gasteiger partial charge in [-0.15, -0.1) is 0 Å². The lowest BCUT2D eigenvalue weighted by Gasteiger charge is -2.33. The molecule has 0 bridgehead atoms. The summed E-state index contributed by atoms with van der Waals surface area (Å²) in [4.78, 5) is 7.09. The summed E-state index contributed by atoms with van der Waals surface area (Å²) in [7, 11) is 0. The second-order valence-corrected chi connectivity index (χ2v) is 7.34. The van der Waals surface area contributed by atoms with E-state index in [1.165, 1.54) is 53.6 Å². The summed E-state index contributed by atoms with van der Waals surface area (Å²) >= 11 is 0. The lowest BCUT2D eigenvalue weighted by molar-refractivity contribution is 0.152. The Balaban J connectivity index is 1.53. The first-order valence-electron chi connectivity index (χ1n) is 9.63. The van der Waals surface area contributed by atoms with Gasteiger partial charge in [-0.25, -0.2) is 0 Å². The van der Waals surface area contributed by atoms with Crippen LogP contribution in [0.2, 0.25) is 0 Å². The van der Waals surface area contributed by atoms with E-state index >= 15 is 0 Å². The summed E-state index contributed by atoms with van der Waals surface area (Å²) < 4.78 is 0. The second-order valence-electron chi connectivity index (χ2n) is 7.34. The van der Waals surface area contributed by atoms with E-state index in [2.05, 4.69) is 77.5 Å². The fraction of sp³-hybridized carbons (Fsp3) is 0.292. The van der Waals surface area contributed by atoms with Gasteiger partial charge in [-0.3, -0.25) is 9.88 Å². The van der Waals surface area contributed by atoms with E-state index in [0.717, 1.165) is 6.54 Å². The molecule has 3 aromatic rings. The van der Waals surface area contributed by atoms with E-state index in [-0.39, 0.29) is 0 Å². The van der Waals surface area contributed by atoms with Gasteiger partial charge in [0.25, 0.3) is 0 Å². The van der Waals surface area contributed by atoms with E-state index in [4.69, 9.17) is 0 Å². The number of likely N-dealkylation sites (tertiary alicyclic amines) is 1. The second kappa shape index (κ2) is 7.84. The molecule has 2 nitrogen and oxygen atoms in total. The van der Waals surface area contributed by atoms with Gasteiger partial charge in [0.05, 0.1) is 0 Å². The van der Waals surface area contributed by atoms with E-state index < -0.39 is 0 Å². The van der Waals surface area contributed by atoms with Crippen LogP contribution in [0.4, 0.5) is 0 Å². The van der Waals surface area contributed by atoms with Crippen LogP contribution >= 0.6 is 0 Å². The highest BCUT2D eigenvalue weighted by Crippen LogP contribution is 2.26. The van der Waals surface area contributed by atoms with Crippen molar-refractivity contribution in [1.82, 2.24) is 9.88 Å². The molecular weight excluding hydrogens is 316 g/mol. The maximum atomic E-state index is 4.51. The molecule has 1 aliphatic heterocycles. The zero-order valence-electron chi connectivity index (χ0n) is 15.4. The summed E-state index contributed by atoms with van der Waals surface area (Å²) in [6.45, 7) is 4.56. The van der Waals surface area contributed by atoms with Crippen LogP contribution in [0.5, 0.6) is 0 Å². The third kappa shape index (κ3) is 3.86. The van der Waals surface area contributed by atoms with Crippen molar-refractivity contribution in [3.8, 4) is 22.3 Å². The van der Waals surface area contributed by atoms with Crippen LogP contribution in [0.25, 0.3) is 22.3 Å². The smallest absolute Gasteiger partial charge is 0.0346 e. The molecule has 1 atom stereocenters. The Morgan fingerprint density at radius 1 is 0.846 bits per heavy atom. The van der Waals surface area contributed by atoms with Crippen molar-refractivity contribution >= 4 is 0 Å². The summed E-state index contributed by atoms with van der Waals surface area (Å²) in [6.07, 6.45) is 7.99. The summed E-state index contributed by atoms with van der Waals surface area (Å²) in [6, 6.07) is 22.3. The van der Waals surface area contributed by atoms with Crippen molar-refractivity contribution < 1.29 is 0 Å². The standard InChI is InChI=1S/C24H26N2/c1-19-7-5-6-14-26(19)18-20-15-24(17-25-16-20)23-12-10-22(11-13-23)21-8-3-2-4-9-21/h2-4,8-13,15-17,19H,5-7,14,18H2,1H3/t19-/m1/s1. The molecule has 132 valence electrons. The Morgan fingerprint density at radius 3 is 2.27 bits per heavy atom. The van der Waals surface area contributed by atoms with Gasteiger partial charge in [0.1, 0.15) is 0 Å². The van der Waals surface area contributed by atoms with E-state index in [1.807, 2.05) is 12.4 Å². The van der Waals surface area contributed by atoms with Crippen molar-refractivity contribution in [1.29, 1.82) is 0 Å². The Kier molecular flexibility index (Phi) is 5.12. The average Bonchev–Trinajstić information content (AvgIpc) is 2.71. The SMILES string of the molecule is C[C@@H]1CCCCN1Cc1cncc(-c2ccc(-c3ccccc3)cc2)c1. The monoisotopic (exact) mass is 342 g/mol. The third-order valence-electron chi connectivity index (χ3n) is 5.45. The minimum atomic E-state index is 0.678. The summed E-state index contributed by atoms with van der Waals surface area (Å²) in [5.74, 6) is 0. The lowest BCUT2D eigenvalue weighted by atomic mass is 10.00. The number of piperidine rings is 1. The molecule has 1 aromatic heterocycles. The maximum Gasteiger partial charge on any atom is 0.0346 e. The van der Waals surface area contributed by atoms with Gasteiger partial charge in [-0.2, -0.15) is 0 Å². The molecule has 0 spiro atoms. The van der Waals surface area contributed by atoms with Gasteiger partial charge in [0, 0.05) is 30.5 Å². The van der Waals surface area contributed by atoms with Crippen molar-refractivity contribution in [3.63, 3.8) is 0 Å². The Bertz CT molecular complexity index is 840. The molecule has 2 heteroatoms. The topological polar surface area (TPSA) is 16.1 Å². The molecule has 0 amide bonds. The molecular formula is C24H26N2. The number of pyridine rings is 1. The van der Waals surface area contributed by atoms with Crippen LogP contribution in [-0.2, 0) is 6.54 Å². The molecule has 0 aliphatic carbocycles. The third-order valence-corrected chi connectivity index (χ3v) is 5.45. The van der Waals surface area contributed by atoms with Gasteiger partial charge in [0.15, 0.2) is 0 Å². The molecule has 1 aliphatic rings. The molecule has 1 fully saturated rings. The average molecular weight is 342 g/mol. The first-order chi connectivity index (χ1) is 12.8. The number of nitrogens with zero attached hydrogens (tertiary/aromatic N) is 2. The van der Waals surface area contributed by atoms with Crippen molar-refractivity contribution in [2.75, 3.05) is 6.54 Å². The van der Waals surface area contributed by atoms with Gasteiger partial charge >= 0.3 is 0 Å². The quantitative estimate of drug-likeness (QED) is 0.596. The predicted molar refractivity (Wildman–Crippen MR) is 109 cm³/mol. The van der Waals surface area contributed by atoms with Crippen LogP contribution in [-0.4, -0.2) is 22.5 Å². The van der Waals surface area contributed by atoms with Gasteiger partial charge in [0.2, 0.25) is 0 Å². The number of rotatable bonds is 4. The highest BCUT2D eigenvalue weighted by Gasteiger charge is 2.18. The Hall–Kier alpha value is -2.45. The molecule has 0 N–H and O–H groups in total. The van der Waals surface area contributed by atoms with E-state index in [9.17, 15) is 0 Å². The first-order valence-corrected chi connectivity index (χ1v) is 9.63. The molecule has 0 saturated carbocycles. The van der Waals surface area contributed by atoms with Crippen molar-refractivity contribution in [2.24, 2.45) is 0 Å². The Labute approximate surface area is 156 Å². The number of hydrogen-bond donors (Lipinski definition) is 0. The van der Waals surface area contributed by atoms with E-state index in [1.54, 1.807) is 0 Å². The minimum Gasteiger partial charge on any atom is -0.296 e. The van der Waals surface area contributed by atoms with Gasteiger partial charge < -0.3 is 0 Å². The number of benzene rings is 2. The van der Waals surface area contributed by atoms with Crippen LogP contribution in [0.1, 0.15) is 31.7 Å². The Morgan fingerprint density at radius 2 is 1.54 bits per heavy atom. The highest BCUT2D eigenvalue weighted by atomic mass is 15.2. The van der Waals surface area contributed by atoms with Gasteiger partial charge in [-0.1, -0.05) is 61.0 Å². The summed E-state index contributed by atoms with van der Waals surface area (Å²) in [5.41, 5.74) is 6.24. The van der Waals surface area contributed by atoms with Crippen molar-refractivity contribution in [3.05, 3.63) is 78.6 Å². The lowest BCUT2D eigenvalue weighted by Crippen LogP contribution is -2.36. The molecule has 4 rings (SSSR count). The molecule has 2 aromatic carbocycles. The number of hydrogen-bond acceptors (Lipinski definition) is 2. The fourth-order valence-electron chi connectivity index (χ4n) is 3.84. The number of aromatic nitrogens is 1. The van der Waals surface area contributed by atoms with Crippen LogP contribution < -0.4 is 0 Å². The first kappa shape index (κ1) is 17.0. The molecule has 2 heterocycles. The van der Waals surface area contributed by atoms with Crippen LogP contribution in [0, 0.1) is 0 Å².